The first-order chi connectivity index (χ1) is 10.7. The summed E-state index contributed by atoms with van der Waals surface area (Å²) in [5.74, 6) is 0.722. The van der Waals surface area contributed by atoms with Crippen molar-refractivity contribution in [3.8, 4) is 5.75 Å². The van der Waals surface area contributed by atoms with Gasteiger partial charge in [0, 0.05) is 30.6 Å². The highest BCUT2D eigenvalue weighted by Gasteiger charge is 2.19. The molecule has 2 heterocycles. The molecular formula is C15H17ClN4O2. The van der Waals surface area contributed by atoms with Gasteiger partial charge in [0.1, 0.15) is 17.2 Å². The Labute approximate surface area is 133 Å². The Kier molecular flexibility index (Phi) is 4.29. The second-order valence-corrected chi connectivity index (χ2v) is 5.65. The Morgan fingerprint density at radius 1 is 1.36 bits per heavy atom. The molecule has 6 nitrogen and oxygen atoms in total. The van der Waals surface area contributed by atoms with E-state index in [-0.39, 0.29) is 0 Å². The molecule has 0 unspecified atom stereocenters. The maximum atomic E-state index is 10.8. The Hall–Kier alpha value is -2.08. The first kappa shape index (κ1) is 14.8. The molecule has 3 rings (SSSR count). The van der Waals surface area contributed by atoms with Crippen LogP contribution in [0, 0.1) is 0 Å². The topological polar surface area (TPSA) is 67.4 Å². The average Bonchev–Trinajstić information content (AvgIpc) is 2.56. The smallest absolute Gasteiger partial charge is 0.209 e. The molecule has 1 aliphatic rings. The van der Waals surface area contributed by atoms with E-state index in [4.69, 9.17) is 16.3 Å². The van der Waals surface area contributed by atoms with Crippen molar-refractivity contribution in [3.63, 3.8) is 0 Å². The monoisotopic (exact) mass is 320 g/mol. The molecule has 0 bridgehead atoms. The number of benzene rings is 1. The van der Waals surface area contributed by atoms with Crippen LogP contribution in [0.4, 0.5) is 5.69 Å². The second kappa shape index (κ2) is 6.36. The Morgan fingerprint density at radius 2 is 2.14 bits per heavy atom. The number of carbonyl (C=O) groups is 1. The van der Waals surface area contributed by atoms with Crippen molar-refractivity contribution in [1.29, 1.82) is 0 Å². The van der Waals surface area contributed by atoms with Gasteiger partial charge >= 0.3 is 0 Å². The summed E-state index contributed by atoms with van der Waals surface area (Å²) in [4.78, 5) is 20.8. The van der Waals surface area contributed by atoms with Crippen LogP contribution in [-0.2, 0) is 4.79 Å². The third kappa shape index (κ3) is 2.92. The summed E-state index contributed by atoms with van der Waals surface area (Å²) in [5, 5.41) is 4.69. The quantitative estimate of drug-likeness (QED) is 0.691. The van der Waals surface area contributed by atoms with Gasteiger partial charge in [-0.05, 0) is 18.9 Å². The SMILES string of the molecule is COc1cc2ncnc(Cl)c2cc1NC1CCN(C=O)CC1. The molecule has 1 fully saturated rings. The highest BCUT2D eigenvalue weighted by Crippen LogP contribution is 2.33. The van der Waals surface area contributed by atoms with Crippen LogP contribution < -0.4 is 10.1 Å². The first-order valence-electron chi connectivity index (χ1n) is 7.15. The van der Waals surface area contributed by atoms with E-state index in [1.54, 1.807) is 12.0 Å². The average molecular weight is 321 g/mol. The molecule has 2 aromatic rings. The molecule has 0 atom stereocenters. The minimum absolute atomic E-state index is 0.297. The van der Waals surface area contributed by atoms with Gasteiger partial charge in [0.15, 0.2) is 0 Å². The standard InChI is InChI=1S/C15H17ClN4O2/c1-22-14-7-12-11(15(16)18-8-17-12)6-13(14)19-10-2-4-20(9-21)5-3-10/h6-10,19H,2-5H2,1H3. The molecule has 0 spiro atoms. The predicted molar refractivity (Wildman–Crippen MR) is 85.4 cm³/mol. The van der Waals surface area contributed by atoms with Gasteiger partial charge in [0.25, 0.3) is 0 Å². The van der Waals surface area contributed by atoms with Crippen LogP contribution in [0.3, 0.4) is 0 Å². The van der Waals surface area contributed by atoms with Gasteiger partial charge in [-0.15, -0.1) is 0 Å². The third-order valence-corrected chi connectivity index (χ3v) is 4.25. The number of aromatic nitrogens is 2. The Morgan fingerprint density at radius 3 is 2.82 bits per heavy atom. The molecule has 1 N–H and O–H groups in total. The Balaban J connectivity index is 1.86. The zero-order chi connectivity index (χ0) is 15.5. The van der Waals surface area contributed by atoms with Gasteiger partial charge < -0.3 is 15.0 Å². The van der Waals surface area contributed by atoms with Gasteiger partial charge in [-0.25, -0.2) is 9.97 Å². The number of ether oxygens (including phenoxy) is 1. The number of rotatable bonds is 4. The molecule has 1 aromatic carbocycles. The zero-order valence-corrected chi connectivity index (χ0v) is 13.0. The molecule has 0 saturated carbocycles. The van der Waals surface area contributed by atoms with Crippen molar-refractivity contribution in [2.75, 3.05) is 25.5 Å². The molecule has 0 radical (unpaired) electrons. The highest BCUT2D eigenvalue weighted by molar-refractivity contribution is 6.34. The maximum Gasteiger partial charge on any atom is 0.209 e. The van der Waals surface area contributed by atoms with Crippen LogP contribution in [-0.4, -0.2) is 47.5 Å². The number of nitrogens with one attached hydrogen (secondary N) is 1. The number of halogens is 1. The van der Waals surface area contributed by atoms with Crippen molar-refractivity contribution >= 4 is 34.6 Å². The number of amides is 1. The third-order valence-electron chi connectivity index (χ3n) is 3.95. The van der Waals surface area contributed by atoms with Crippen molar-refractivity contribution in [3.05, 3.63) is 23.6 Å². The number of nitrogens with zero attached hydrogens (tertiary/aromatic N) is 3. The lowest BCUT2D eigenvalue weighted by molar-refractivity contribution is -0.118. The van der Waals surface area contributed by atoms with Gasteiger partial charge in [0.2, 0.25) is 6.41 Å². The van der Waals surface area contributed by atoms with E-state index in [1.165, 1.54) is 6.33 Å². The first-order valence-corrected chi connectivity index (χ1v) is 7.53. The lowest BCUT2D eigenvalue weighted by Crippen LogP contribution is -2.38. The molecule has 7 heteroatoms. The van der Waals surface area contributed by atoms with Crippen LogP contribution in [0.2, 0.25) is 5.15 Å². The number of carbonyl (C=O) groups excluding carboxylic acids is 1. The Bertz CT molecular complexity index is 687. The van der Waals surface area contributed by atoms with Gasteiger partial charge in [-0.1, -0.05) is 11.6 Å². The van der Waals surface area contributed by atoms with Crippen molar-refractivity contribution < 1.29 is 9.53 Å². The maximum absolute atomic E-state index is 10.8. The number of hydrogen-bond acceptors (Lipinski definition) is 5. The molecule has 22 heavy (non-hydrogen) atoms. The summed E-state index contributed by atoms with van der Waals surface area (Å²) in [7, 11) is 1.63. The molecule has 1 aromatic heterocycles. The zero-order valence-electron chi connectivity index (χ0n) is 12.3. The van der Waals surface area contributed by atoms with Gasteiger partial charge in [-0.3, -0.25) is 4.79 Å². The number of piperidine rings is 1. The summed E-state index contributed by atoms with van der Waals surface area (Å²) >= 11 is 6.14. The lowest BCUT2D eigenvalue weighted by atomic mass is 10.0. The number of hydrogen-bond donors (Lipinski definition) is 1. The number of anilines is 1. The summed E-state index contributed by atoms with van der Waals surface area (Å²) < 4.78 is 5.44. The number of likely N-dealkylation sites (tertiary alicyclic amines) is 1. The van der Waals surface area contributed by atoms with Crippen LogP contribution in [0.5, 0.6) is 5.75 Å². The summed E-state index contributed by atoms with van der Waals surface area (Å²) in [5.41, 5.74) is 1.62. The highest BCUT2D eigenvalue weighted by atomic mass is 35.5. The fraction of sp³-hybridized carbons (Fsp3) is 0.400. The van der Waals surface area contributed by atoms with Crippen molar-refractivity contribution in [2.24, 2.45) is 0 Å². The summed E-state index contributed by atoms with van der Waals surface area (Å²) in [6, 6.07) is 4.07. The van der Waals surface area contributed by atoms with Crippen LogP contribution in [0.15, 0.2) is 18.5 Å². The number of methoxy groups -OCH3 is 1. The minimum Gasteiger partial charge on any atom is -0.495 e. The van der Waals surface area contributed by atoms with Crippen molar-refractivity contribution in [1.82, 2.24) is 14.9 Å². The van der Waals surface area contributed by atoms with E-state index in [0.717, 1.165) is 54.7 Å². The van der Waals surface area contributed by atoms with Crippen LogP contribution in [0.25, 0.3) is 10.9 Å². The fourth-order valence-electron chi connectivity index (χ4n) is 2.70. The van der Waals surface area contributed by atoms with Gasteiger partial charge in [0.05, 0.1) is 18.3 Å². The predicted octanol–water partition coefficient (Wildman–Crippen LogP) is 2.32. The molecule has 116 valence electrons. The minimum atomic E-state index is 0.297. The van der Waals surface area contributed by atoms with Crippen LogP contribution in [0.1, 0.15) is 12.8 Å². The molecule has 1 saturated heterocycles. The van der Waals surface area contributed by atoms with Crippen molar-refractivity contribution in [2.45, 2.75) is 18.9 Å². The molecule has 0 aliphatic carbocycles. The van der Waals surface area contributed by atoms with E-state index in [1.807, 2.05) is 12.1 Å². The summed E-state index contributed by atoms with van der Waals surface area (Å²) in [6.45, 7) is 1.53. The summed E-state index contributed by atoms with van der Waals surface area (Å²) in [6.07, 6.45) is 4.15. The number of fused-ring (bicyclic) bond motifs is 1. The van der Waals surface area contributed by atoms with Gasteiger partial charge in [-0.2, -0.15) is 0 Å². The fourth-order valence-corrected chi connectivity index (χ4v) is 2.90. The molecular weight excluding hydrogens is 304 g/mol. The van der Waals surface area contributed by atoms with E-state index in [9.17, 15) is 4.79 Å². The van der Waals surface area contributed by atoms with E-state index in [0.29, 0.717) is 11.2 Å². The van der Waals surface area contributed by atoms with E-state index in [2.05, 4.69) is 15.3 Å². The largest absolute Gasteiger partial charge is 0.495 e. The second-order valence-electron chi connectivity index (χ2n) is 5.29. The van der Waals surface area contributed by atoms with E-state index < -0.39 is 0 Å². The normalized spacial score (nSPS) is 15.8. The van der Waals surface area contributed by atoms with E-state index >= 15 is 0 Å². The molecule has 1 aliphatic heterocycles. The van der Waals surface area contributed by atoms with Crippen LogP contribution >= 0.6 is 11.6 Å². The lowest BCUT2D eigenvalue weighted by Gasteiger charge is -2.30. The molecule has 1 amide bonds.